The highest BCUT2D eigenvalue weighted by Crippen LogP contribution is 2.27. The van der Waals surface area contributed by atoms with Gasteiger partial charge < -0.3 is 25.6 Å². The monoisotopic (exact) mass is 226 g/mol. The molecule has 1 aromatic carbocycles. The second kappa shape index (κ2) is 5.82. The van der Waals surface area contributed by atoms with E-state index in [1.165, 1.54) is 19.2 Å². The minimum atomic E-state index is -0.502. The lowest BCUT2D eigenvalue weighted by Crippen LogP contribution is -2.30. The molecule has 0 bridgehead atoms. The molecular formula is C10H14N2O4. The van der Waals surface area contributed by atoms with Crippen LogP contribution in [0.2, 0.25) is 0 Å². The lowest BCUT2D eigenvalue weighted by atomic mass is 10.3. The summed E-state index contributed by atoms with van der Waals surface area (Å²) in [6, 6.07) is 3.98. The maximum atomic E-state index is 11.2. The van der Waals surface area contributed by atoms with E-state index in [1.807, 2.05) is 0 Å². The zero-order chi connectivity index (χ0) is 12.0. The van der Waals surface area contributed by atoms with Crippen molar-refractivity contribution in [3.05, 3.63) is 18.2 Å². The van der Waals surface area contributed by atoms with Crippen molar-refractivity contribution in [3.8, 4) is 11.5 Å². The Labute approximate surface area is 92.9 Å². The average Bonchev–Trinajstić information content (AvgIpc) is 2.29. The van der Waals surface area contributed by atoms with Gasteiger partial charge in [-0.25, -0.2) is 4.79 Å². The van der Waals surface area contributed by atoms with Crippen LogP contribution in [-0.4, -0.2) is 36.5 Å². The number of carbonyl (C=O) groups excluding carboxylic acids is 1. The molecule has 6 heteroatoms. The van der Waals surface area contributed by atoms with Crippen molar-refractivity contribution >= 4 is 11.7 Å². The zero-order valence-electron chi connectivity index (χ0n) is 8.86. The van der Waals surface area contributed by atoms with E-state index in [0.717, 1.165) is 0 Å². The predicted octanol–water partition coefficient (Wildman–Crippen LogP) is 0.515. The van der Waals surface area contributed by atoms with E-state index < -0.39 is 6.03 Å². The molecule has 0 saturated heterocycles. The van der Waals surface area contributed by atoms with E-state index in [1.54, 1.807) is 6.07 Å². The summed E-state index contributed by atoms with van der Waals surface area (Å²) in [6.07, 6.45) is 0. The van der Waals surface area contributed by atoms with Crippen molar-refractivity contribution in [1.82, 2.24) is 5.32 Å². The van der Waals surface area contributed by atoms with Gasteiger partial charge in [-0.15, -0.1) is 0 Å². The van der Waals surface area contributed by atoms with Crippen LogP contribution in [-0.2, 0) is 0 Å². The summed E-state index contributed by atoms with van der Waals surface area (Å²) >= 11 is 0. The second-order valence-corrected chi connectivity index (χ2v) is 2.99. The molecule has 4 N–H and O–H groups in total. The van der Waals surface area contributed by atoms with Crippen LogP contribution >= 0.6 is 0 Å². The molecule has 6 nitrogen and oxygen atoms in total. The number of urea groups is 1. The van der Waals surface area contributed by atoms with Gasteiger partial charge in [0.15, 0.2) is 0 Å². The Hall–Kier alpha value is -1.95. The first kappa shape index (κ1) is 12.1. The third kappa shape index (κ3) is 3.32. The number of anilines is 1. The molecule has 1 rings (SSSR count). The zero-order valence-corrected chi connectivity index (χ0v) is 8.86. The molecule has 16 heavy (non-hydrogen) atoms. The number of phenolic OH excluding ortho intramolecular Hbond substituents is 1. The number of hydrogen-bond acceptors (Lipinski definition) is 4. The minimum Gasteiger partial charge on any atom is -0.506 e. The Balaban J connectivity index is 2.68. The highest BCUT2D eigenvalue weighted by Gasteiger charge is 2.06. The molecular weight excluding hydrogens is 212 g/mol. The number of methoxy groups -OCH3 is 1. The number of ether oxygens (including phenoxy) is 1. The Bertz CT molecular complexity index is 368. The van der Waals surface area contributed by atoms with E-state index in [4.69, 9.17) is 9.84 Å². The summed E-state index contributed by atoms with van der Waals surface area (Å²) < 4.78 is 4.95. The Morgan fingerprint density at radius 1 is 1.50 bits per heavy atom. The summed E-state index contributed by atoms with van der Waals surface area (Å²) in [5, 5.41) is 22.8. The van der Waals surface area contributed by atoms with Crippen molar-refractivity contribution < 1.29 is 19.7 Å². The van der Waals surface area contributed by atoms with Crippen LogP contribution in [0.4, 0.5) is 10.5 Å². The van der Waals surface area contributed by atoms with Crippen LogP contribution in [0, 0.1) is 0 Å². The fraction of sp³-hybridized carbons (Fsp3) is 0.300. The van der Waals surface area contributed by atoms with E-state index in [0.29, 0.717) is 5.75 Å². The molecule has 0 heterocycles. The highest BCUT2D eigenvalue weighted by atomic mass is 16.5. The predicted molar refractivity (Wildman–Crippen MR) is 58.8 cm³/mol. The molecule has 0 aliphatic heterocycles. The minimum absolute atomic E-state index is 0.0556. The number of aliphatic hydroxyl groups is 1. The van der Waals surface area contributed by atoms with Crippen molar-refractivity contribution in [2.24, 2.45) is 0 Å². The van der Waals surface area contributed by atoms with Crippen molar-refractivity contribution in [3.63, 3.8) is 0 Å². The quantitative estimate of drug-likeness (QED) is 0.563. The first-order valence-electron chi connectivity index (χ1n) is 4.70. The SMILES string of the molecule is COc1ccc(O)c(NC(=O)NCCO)c1. The van der Waals surface area contributed by atoms with E-state index in [9.17, 15) is 9.90 Å². The number of nitrogens with one attached hydrogen (secondary N) is 2. The molecule has 0 fully saturated rings. The van der Waals surface area contributed by atoms with Gasteiger partial charge in [0.25, 0.3) is 0 Å². The fourth-order valence-corrected chi connectivity index (χ4v) is 1.08. The number of hydrogen-bond donors (Lipinski definition) is 4. The summed E-state index contributed by atoms with van der Waals surface area (Å²) in [7, 11) is 1.49. The van der Waals surface area contributed by atoms with Gasteiger partial charge in [0.2, 0.25) is 0 Å². The van der Waals surface area contributed by atoms with Crippen LogP contribution in [0.3, 0.4) is 0 Å². The van der Waals surface area contributed by atoms with Gasteiger partial charge in [-0.2, -0.15) is 0 Å². The standard InChI is InChI=1S/C10H14N2O4/c1-16-7-2-3-9(14)8(6-7)12-10(15)11-4-5-13/h2-3,6,13-14H,4-5H2,1H3,(H2,11,12,15). The van der Waals surface area contributed by atoms with E-state index in [2.05, 4.69) is 10.6 Å². The number of phenols is 1. The van der Waals surface area contributed by atoms with Gasteiger partial charge in [0, 0.05) is 12.6 Å². The number of benzene rings is 1. The van der Waals surface area contributed by atoms with Gasteiger partial charge in [-0.05, 0) is 12.1 Å². The van der Waals surface area contributed by atoms with Gasteiger partial charge in [0.1, 0.15) is 11.5 Å². The number of aliphatic hydroxyl groups excluding tert-OH is 1. The smallest absolute Gasteiger partial charge is 0.319 e. The molecule has 0 aliphatic rings. The lowest BCUT2D eigenvalue weighted by Gasteiger charge is -2.09. The Morgan fingerprint density at radius 2 is 2.25 bits per heavy atom. The van der Waals surface area contributed by atoms with Crippen LogP contribution < -0.4 is 15.4 Å². The normalized spacial score (nSPS) is 9.62. The number of aromatic hydroxyl groups is 1. The second-order valence-electron chi connectivity index (χ2n) is 2.99. The first-order chi connectivity index (χ1) is 7.67. The number of carbonyl (C=O) groups is 1. The summed E-state index contributed by atoms with van der Waals surface area (Å²) in [4.78, 5) is 11.2. The van der Waals surface area contributed by atoms with Crippen molar-refractivity contribution in [2.45, 2.75) is 0 Å². The largest absolute Gasteiger partial charge is 0.506 e. The number of rotatable bonds is 4. The molecule has 2 amide bonds. The molecule has 0 unspecified atom stereocenters. The van der Waals surface area contributed by atoms with Gasteiger partial charge in [-0.3, -0.25) is 0 Å². The third-order valence-electron chi connectivity index (χ3n) is 1.85. The molecule has 0 aromatic heterocycles. The van der Waals surface area contributed by atoms with Crippen molar-refractivity contribution in [2.75, 3.05) is 25.6 Å². The maximum absolute atomic E-state index is 11.2. The third-order valence-corrected chi connectivity index (χ3v) is 1.85. The van der Waals surface area contributed by atoms with Gasteiger partial charge >= 0.3 is 6.03 Å². The van der Waals surface area contributed by atoms with E-state index >= 15 is 0 Å². The van der Waals surface area contributed by atoms with Gasteiger partial charge in [0.05, 0.1) is 19.4 Å². The molecule has 1 aromatic rings. The Morgan fingerprint density at radius 3 is 2.88 bits per heavy atom. The van der Waals surface area contributed by atoms with E-state index in [-0.39, 0.29) is 24.6 Å². The van der Waals surface area contributed by atoms with Crippen LogP contribution in [0.25, 0.3) is 0 Å². The molecule has 0 radical (unpaired) electrons. The summed E-state index contributed by atoms with van der Waals surface area (Å²) in [6.45, 7) is 0.00801. The molecule has 0 saturated carbocycles. The molecule has 0 atom stereocenters. The van der Waals surface area contributed by atoms with Crippen molar-refractivity contribution in [1.29, 1.82) is 0 Å². The highest BCUT2D eigenvalue weighted by molar-refractivity contribution is 5.91. The van der Waals surface area contributed by atoms with Crippen LogP contribution in [0.5, 0.6) is 11.5 Å². The average molecular weight is 226 g/mol. The molecule has 0 spiro atoms. The molecule has 88 valence electrons. The number of amides is 2. The topological polar surface area (TPSA) is 90.8 Å². The maximum Gasteiger partial charge on any atom is 0.319 e. The summed E-state index contributed by atoms with van der Waals surface area (Å²) in [5.41, 5.74) is 0.245. The lowest BCUT2D eigenvalue weighted by molar-refractivity contribution is 0.244. The Kier molecular flexibility index (Phi) is 4.41. The summed E-state index contributed by atoms with van der Waals surface area (Å²) in [5.74, 6) is 0.468. The van der Waals surface area contributed by atoms with Crippen LogP contribution in [0.1, 0.15) is 0 Å². The van der Waals surface area contributed by atoms with Crippen LogP contribution in [0.15, 0.2) is 18.2 Å². The first-order valence-corrected chi connectivity index (χ1v) is 4.70. The van der Waals surface area contributed by atoms with Gasteiger partial charge in [-0.1, -0.05) is 0 Å². The fourth-order valence-electron chi connectivity index (χ4n) is 1.08. The molecule has 0 aliphatic carbocycles.